The smallest absolute Gasteiger partial charge is 0.203 e. The summed E-state index contributed by atoms with van der Waals surface area (Å²) in [5.74, 6) is 0.342. The molecular formula is C14H20F3NO2S. The second-order valence-corrected chi connectivity index (χ2v) is 7.28. The zero-order chi connectivity index (χ0) is 16.5. The van der Waals surface area contributed by atoms with Crippen molar-refractivity contribution in [1.29, 1.82) is 0 Å². The van der Waals surface area contributed by atoms with Crippen molar-refractivity contribution in [2.75, 3.05) is 0 Å². The highest BCUT2D eigenvalue weighted by atomic mass is 32.2. The van der Waals surface area contributed by atoms with Gasteiger partial charge in [-0.1, -0.05) is 38.1 Å². The zero-order valence-corrected chi connectivity index (χ0v) is 13.3. The fourth-order valence-corrected chi connectivity index (χ4v) is 2.82. The molecule has 1 unspecified atom stereocenters. The van der Waals surface area contributed by atoms with Crippen molar-refractivity contribution in [1.82, 2.24) is 4.72 Å². The molecule has 0 fully saturated rings. The van der Waals surface area contributed by atoms with Gasteiger partial charge in [0.1, 0.15) is 0 Å². The standard InChI is InChI=1S/C14H20F3NO2S/c1-5-10(2)11-6-8-12(9-7-11)13(3,4)18-21(19,20)14(15,16)17/h6-10,18H,5H2,1-4H3. The summed E-state index contributed by atoms with van der Waals surface area (Å²) in [6.45, 7) is 6.88. The van der Waals surface area contributed by atoms with Gasteiger partial charge < -0.3 is 0 Å². The molecular weight excluding hydrogens is 303 g/mol. The van der Waals surface area contributed by atoms with Gasteiger partial charge in [0, 0.05) is 0 Å². The van der Waals surface area contributed by atoms with E-state index in [9.17, 15) is 21.6 Å². The lowest BCUT2D eigenvalue weighted by Crippen LogP contribution is -2.46. The number of alkyl halides is 3. The highest BCUT2D eigenvalue weighted by Gasteiger charge is 2.48. The van der Waals surface area contributed by atoms with E-state index in [1.165, 1.54) is 13.8 Å². The minimum atomic E-state index is -5.38. The average Bonchev–Trinajstić information content (AvgIpc) is 2.35. The SMILES string of the molecule is CCC(C)c1ccc(C(C)(C)NS(=O)(=O)C(F)(F)F)cc1. The van der Waals surface area contributed by atoms with Crippen LogP contribution in [0.1, 0.15) is 51.2 Å². The summed E-state index contributed by atoms with van der Waals surface area (Å²) in [7, 11) is -5.38. The van der Waals surface area contributed by atoms with Crippen LogP contribution in [-0.2, 0) is 15.6 Å². The maximum absolute atomic E-state index is 12.4. The lowest BCUT2D eigenvalue weighted by molar-refractivity contribution is -0.0455. The molecule has 1 atom stereocenters. The van der Waals surface area contributed by atoms with Crippen LogP contribution in [0.4, 0.5) is 13.2 Å². The predicted molar refractivity (Wildman–Crippen MR) is 76.3 cm³/mol. The largest absolute Gasteiger partial charge is 0.511 e. The molecule has 0 heterocycles. The third-order valence-corrected chi connectivity index (χ3v) is 4.90. The fourth-order valence-electron chi connectivity index (χ4n) is 1.92. The lowest BCUT2D eigenvalue weighted by Gasteiger charge is -2.27. The van der Waals surface area contributed by atoms with E-state index in [0.29, 0.717) is 11.5 Å². The molecule has 120 valence electrons. The second kappa shape index (κ2) is 5.96. The van der Waals surface area contributed by atoms with Crippen molar-refractivity contribution >= 4 is 10.0 Å². The predicted octanol–water partition coefficient (Wildman–Crippen LogP) is 3.87. The van der Waals surface area contributed by atoms with E-state index in [-0.39, 0.29) is 0 Å². The van der Waals surface area contributed by atoms with Gasteiger partial charge in [-0.3, -0.25) is 0 Å². The van der Waals surface area contributed by atoms with Crippen LogP contribution in [0.25, 0.3) is 0 Å². The molecule has 0 bridgehead atoms. The van der Waals surface area contributed by atoms with Crippen LogP contribution in [-0.4, -0.2) is 13.9 Å². The Labute approximate surface area is 123 Å². The van der Waals surface area contributed by atoms with E-state index in [0.717, 1.165) is 12.0 Å². The molecule has 21 heavy (non-hydrogen) atoms. The van der Waals surface area contributed by atoms with Crippen molar-refractivity contribution < 1.29 is 21.6 Å². The van der Waals surface area contributed by atoms with Gasteiger partial charge in [0.2, 0.25) is 0 Å². The first-order valence-corrected chi connectivity index (χ1v) is 8.09. The Kier molecular flexibility index (Phi) is 5.10. The van der Waals surface area contributed by atoms with Gasteiger partial charge in [0.15, 0.2) is 0 Å². The molecule has 0 spiro atoms. The molecule has 0 aliphatic heterocycles. The normalized spacial score (nSPS) is 15.0. The molecule has 0 aliphatic rings. The number of sulfonamides is 1. The first-order valence-electron chi connectivity index (χ1n) is 6.61. The summed E-state index contributed by atoms with van der Waals surface area (Å²) in [5.41, 5.74) is -5.12. The summed E-state index contributed by atoms with van der Waals surface area (Å²) in [5, 5.41) is 0. The number of halogens is 3. The number of nitrogens with one attached hydrogen (secondary N) is 1. The maximum atomic E-state index is 12.4. The number of hydrogen-bond donors (Lipinski definition) is 1. The molecule has 0 amide bonds. The van der Waals surface area contributed by atoms with E-state index in [1.807, 2.05) is 26.0 Å². The van der Waals surface area contributed by atoms with Crippen molar-refractivity contribution in [2.45, 2.75) is 51.1 Å². The molecule has 0 aromatic heterocycles. The Morgan fingerprint density at radius 2 is 1.62 bits per heavy atom. The summed E-state index contributed by atoms with van der Waals surface area (Å²) in [6, 6.07) is 6.93. The van der Waals surface area contributed by atoms with Crippen LogP contribution in [0.5, 0.6) is 0 Å². The molecule has 1 rings (SSSR count). The Hall–Kier alpha value is -1.08. The molecule has 1 N–H and O–H groups in total. The van der Waals surface area contributed by atoms with Crippen molar-refractivity contribution in [2.24, 2.45) is 0 Å². The first-order chi connectivity index (χ1) is 9.40. The highest BCUT2D eigenvalue weighted by Crippen LogP contribution is 2.29. The molecule has 0 radical (unpaired) electrons. The van der Waals surface area contributed by atoms with E-state index < -0.39 is 21.1 Å². The topological polar surface area (TPSA) is 46.2 Å². The minimum absolute atomic E-state index is 0.342. The summed E-state index contributed by atoms with van der Waals surface area (Å²) in [6.07, 6.45) is 0.948. The molecule has 1 aromatic carbocycles. The van der Waals surface area contributed by atoms with Gasteiger partial charge in [0.05, 0.1) is 5.54 Å². The highest BCUT2D eigenvalue weighted by molar-refractivity contribution is 7.90. The van der Waals surface area contributed by atoms with Crippen LogP contribution in [0, 0.1) is 0 Å². The Bertz CT molecular complexity index is 577. The number of rotatable bonds is 5. The monoisotopic (exact) mass is 323 g/mol. The maximum Gasteiger partial charge on any atom is 0.511 e. The van der Waals surface area contributed by atoms with E-state index in [1.54, 1.807) is 16.9 Å². The van der Waals surface area contributed by atoms with Crippen molar-refractivity contribution in [3.05, 3.63) is 35.4 Å². The summed E-state index contributed by atoms with van der Waals surface area (Å²) < 4.78 is 61.5. The molecule has 0 saturated heterocycles. The summed E-state index contributed by atoms with van der Waals surface area (Å²) >= 11 is 0. The Morgan fingerprint density at radius 3 is 2.00 bits per heavy atom. The van der Waals surface area contributed by atoms with Crippen LogP contribution >= 0.6 is 0 Å². The molecule has 7 heteroatoms. The Balaban J connectivity index is 3.04. The van der Waals surface area contributed by atoms with Crippen LogP contribution in [0.3, 0.4) is 0 Å². The lowest BCUT2D eigenvalue weighted by atomic mass is 9.91. The Morgan fingerprint density at radius 1 is 1.14 bits per heavy atom. The fraction of sp³-hybridized carbons (Fsp3) is 0.571. The minimum Gasteiger partial charge on any atom is -0.203 e. The quantitative estimate of drug-likeness (QED) is 0.894. The summed E-state index contributed by atoms with van der Waals surface area (Å²) in [4.78, 5) is 0. The van der Waals surface area contributed by atoms with Gasteiger partial charge in [-0.25, -0.2) is 8.42 Å². The van der Waals surface area contributed by atoms with Gasteiger partial charge in [-0.15, -0.1) is 0 Å². The molecule has 0 saturated carbocycles. The molecule has 1 aromatic rings. The van der Waals surface area contributed by atoms with Crippen LogP contribution in [0.2, 0.25) is 0 Å². The van der Waals surface area contributed by atoms with Crippen molar-refractivity contribution in [3.8, 4) is 0 Å². The third kappa shape index (κ3) is 4.20. The second-order valence-electron chi connectivity index (χ2n) is 5.61. The number of hydrogen-bond acceptors (Lipinski definition) is 2. The van der Waals surface area contributed by atoms with E-state index in [4.69, 9.17) is 0 Å². The van der Waals surface area contributed by atoms with Crippen LogP contribution < -0.4 is 4.72 Å². The molecule has 3 nitrogen and oxygen atoms in total. The first kappa shape index (κ1) is 18.0. The molecule has 0 aliphatic carbocycles. The van der Waals surface area contributed by atoms with Gasteiger partial charge in [-0.05, 0) is 37.3 Å². The van der Waals surface area contributed by atoms with Gasteiger partial charge in [-0.2, -0.15) is 17.9 Å². The van der Waals surface area contributed by atoms with Gasteiger partial charge in [0.25, 0.3) is 0 Å². The zero-order valence-electron chi connectivity index (χ0n) is 12.5. The van der Waals surface area contributed by atoms with Crippen molar-refractivity contribution in [3.63, 3.8) is 0 Å². The third-order valence-electron chi connectivity index (χ3n) is 3.51. The van der Waals surface area contributed by atoms with Crippen LogP contribution in [0.15, 0.2) is 24.3 Å². The average molecular weight is 323 g/mol. The van der Waals surface area contributed by atoms with E-state index >= 15 is 0 Å². The van der Waals surface area contributed by atoms with E-state index in [2.05, 4.69) is 0 Å². The number of benzene rings is 1. The van der Waals surface area contributed by atoms with Gasteiger partial charge >= 0.3 is 15.5 Å².